The summed E-state index contributed by atoms with van der Waals surface area (Å²) in [5.74, 6) is -0.104. The van der Waals surface area contributed by atoms with Crippen LogP contribution < -0.4 is 5.32 Å². The predicted molar refractivity (Wildman–Crippen MR) is 77.7 cm³/mol. The van der Waals surface area contributed by atoms with Gasteiger partial charge in [0.1, 0.15) is 0 Å². The SMILES string of the molecule is O=C(NCc1ccc(CO)cc1)c1cccc(Br)c1. The smallest absolute Gasteiger partial charge is 0.251 e. The highest BCUT2D eigenvalue weighted by atomic mass is 79.9. The Kier molecular flexibility index (Phi) is 4.71. The normalized spacial score (nSPS) is 10.2. The van der Waals surface area contributed by atoms with Crippen molar-refractivity contribution in [3.05, 3.63) is 69.7 Å². The number of benzene rings is 2. The van der Waals surface area contributed by atoms with E-state index in [-0.39, 0.29) is 12.5 Å². The zero-order valence-corrected chi connectivity index (χ0v) is 11.9. The molecule has 0 bridgehead atoms. The van der Waals surface area contributed by atoms with Gasteiger partial charge >= 0.3 is 0 Å². The molecule has 98 valence electrons. The van der Waals surface area contributed by atoms with E-state index in [1.807, 2.05) is 36.4 Å². The summed E-state index contributed by atoms with van der Waals surface area (Å²) >= 11 is 3.34. The molecule has 0 atom stereocenters. The molecular weight excluding hydrogens is 306 g/mol. The van der Waals surface area contributed by atoms with Crippen LogP contribution >= 0.6 is 15.9 Å². The third-order valence-corrected chi connectivity index (χ3v) is 3.24. The maximum absolute atomic E-state index is 11.9. The van der Waals surface area contributed by atoms with Crippen molar-refractivity contribution < 1.29 is 9.90 Å². The number of carbonyl (C=O) groups is 1. The maximum Gasteiger partial charge on any atom is 0.251 e. The second kappa shape index (κ2) is 6.50. The highest BCUT2D eigenvalue weighted by Gasteiger charge is 2.05. The number of hydrogen-bond donors (Lipinski definition) is 2. The zero-order valence-electron chi connectivity index (χ0n) is 10.3. The number of amides is 1. The summed E-state index contributed by atoms with van der Waals surface area (Å²) in [5.41, 5.74) is 2.49. The van der Waals surface area contributed by atoms with Crippen LogP contribution in [0.1, 0.15) is 21.5 Å². The summed E-state index contributed by atoms with van der Waals surface area (Å²) in [6, 6.07) is 14.7. The van der Waals surface area contributed by atoms with E-state index in [2.05, 4.69) is 21.2 Å². The molecule has 0 radical (unpaired) electrons. The standard InChI is InChI=1S/C15H14BrNO2/c16-14-3-1-2-13(8-14)15(19)17-9-11-4-6-12(10-18)7-5-11/h1-8,18H,9-10H2,(H,17,19). The first-order valence-electron chi connectivity index (χ1n) is 5.91. The van der Waals surface area contributed by atoms with Crippen molar-refractivity contribution in [1.82, 2.24) is 5.32 Å². The van der Waals surface area contributed by atoms with Gasteiger partial charge in [0.05, 0.1) is 6.61 Å². The molecule has 2 rings (SSSR count). The summed E-state index contributed by atoms with van der Waals surface area (Å²) in [7, 11) is 0. The van der Waals surface area contributed by atoms with E-state index in [1.165, 1.54) is 0 Å². The molecule has 4 heteroatoms. The number of carbonyl (C=O) groups excluding carboxylic acids is 1. The van der Waals surface area contributed by atoms with Gasteiger partial charge in [0.25, 0.3) is 5.91 Å². The van der Waals surface area contributed by atoms with Crippen LogP contribution in [0.5, 0.6) is 0 Å². The molecular formula is C15H14BrNO2. The van der Waals surface area contributed by atoms with Crippen molar-refractivity contribution in [3.8, 4) is 0 Å². The van der Waals surface area contributed by atoms with Crippen LogP contribution in [-0.4, -0.2) is 11.0 Å². The third kappa shape index (κ3) is 3.91. The molecule has 0 aliphatic carbocycles. The van der Waals surface area contributed by atoms with Crippen LogP contribution in [0.2, 0.25) is 0 Å². The second-order valence-corrected chi connectivity index (χ2v) is 5.08. The third-order valence-electron chi connectivity index (χ3n) is 2.75. The minimum atomic E-state index is -0.104. The number of hydrogen-bond acceptors (Lipinski definition) is 2. The van der Waals surface area contributed by atoms with Crippen molar-refractivity contribution >= 4 is 21.8 Å². The Labute approximate surface area is 120 Å². The molecule has 0 unspecified atom stereocenters. The minimum absolute atomic E-state index is 0.0324. The Balaban J connectivity index is 1.96. The van der Waals surface area contributed by atoms with Gasteiger partial charge in [0, 0.05) is 16.6 Å². The Morgan fingerprint density at radius 3 is 2.42 bits per heavy atom. The Morgan fingerprint density at radius 2 is 1.79 bits per heavy atom. The van der Waals surface area contributed by atoms with E-state index < -0.39 is 0 Å². The first-order chi connectivity index (χ1) is 9.19. The van der Waals surface area contributed by atoms with Gasteiger partial charge in [-0.3, -0.25) is 4.79 Å². The van der Waals surface area contributed by atoms with Gasteiger partial charge in [-0.25, -0.2) is 0 Å². The maximum atomic E-state index is 11.9. The van der Waals surface area contributed by atoms with Crippen molar-refractivity contribution in [2.75, 3.05) is 0 Å². The quantitative estimate of drug-likeness (QED) is 0.910. The largest absolute Gasteiger partial charge is 0.392 e. The lowest BCUT2D eigenvalue weighted by Crippen LogP contribution is -2.22. The molecule has 0 saturated heterocycles. The summed E-state index contributed by atoms with van der Waals surface area (Å²) in [6.45, 7) is 0.502. The summed E-state index contributed by atoms with van der Waals surface area (Å²) in [6.07, 6.45) is 0. The van der Waals surface area contributed by atoms with Crippen molar-refractivity contribution in [1.29, 1.82) is 0 Å². The van der Waals surface area contributed by atoms with Gasteiger partial charge in [-0.1, -0.05) is 46.3 Å². The van der Waals surface area contributed by atoms with E-state index in [1.54, 1.807) is 12.1 Å². The lowest BCUT2D eigenvalue weighted by molar-refractivity contribution is 0.0951. The van der Waals surface area contributed by atoms with Gasteiger partial charge in [-0.05, 0) is 29.3 Å². The van der Waals surface area contributed by atoms with Crippen LogP contribution in [0, 0.1) is 0 Å². The first kappa shape index (κ1) is 13.8. The van der Waals surface area contributed by atoms with E-state index in [4.69, 9.17) is 5.11 Å². The molecule has 2 aromatic carbocycles. The Bertz CT molecular complexity index is 567. The van der Waals surface area contributed by atoms with Crippen LogP contribution in [0.3, 0.4) is 0 Å². The average Bonchev–Trinajstić information content (AvgIpc) is 2.45. The fourth-order valence-electron chi connectivity index (χ4n) is 1.68. The van der Waals surface area contributed by atoms with Crippen LogP contribution in [0.4, 0.5) is 0 Å². The number of aliphatic hydroxyl groups excluding tert-OH is 1. The Morgan fingerprint density at radius 1 is 1.11 bits per heavy atom. The van der Waals surface area contributed by atoms with Gasteiger partial charge in [-0.2, -0.15) is 0 Å². The lowest BCUT2D eigenvalue weighted by atomic mass is 10.1. The van der Waals surface area contributed by atoms with Gasteiger partial charge in [0.2, 0.25) is 0 Å². The number of nitrogens with one attached hydrogen (secondary N) is 1. The molecule has 0 saturated carbocycles. The zero-order chi connectivity index (χ0) is 13.7. The first-order valence-corrected chi connectivity index (χ1v) is 6.71. The van der Waals surface area contributed by atoms with E-state index in [9.17, 15) is 4.79 Å². The van der Waals surface area contributed by atoms with Crippen molar-refractivity contribution in [2.45, 2.75) is 13.2 Å². The number of rotatable bonds is 4. The van der Waals surface area contributed by atoms with E-state index >= 15 is 0 Å². The topological polar surface area (TPSA) is 49.3 Å². The second-order valence-electron chi connectivity index (χ2n) is 4.17. The molecule has 0 aromatic heterocycles. The molecule has 2 aromatic rings. The van der Waals surface area contributed by atoms with Crippen LogP contribution in [0.15, 0.2) is 53.0 Å². The van der Waals surface area contributed by atoms with E-state index in [0.29, 0.717) is 12.1 Å². The van der Waals surface area contributed by atoms with Gasteiger partial charge < -0.3 is 10.4 Å². The molecule has 3 nitrogen and oxygen atoms in total. The molecule has 0 heterocycles. The number of halogens is 1. The molecule has 0 spiro atoms. The molecule has 0 aliphatic rings. The van der Waals surface area contributed by atoms with Gasteiger partial charge in [0.15, 0.2) is 0 Å². The summed E-state index contributed by atoms with van der Waals surface area (Å²) in [4.78, 5) is 11.9. The highest BCUT2D eigenvalue weighted by Crippen LogP contribution is 2.11. The minimum Gasteiger partial charge on any atom is -0.392 e. The molecule has 1 amide bonds. The molecule has 19 heavy (non-hydrogen) atoms. The molecule has 2 N–H and O–H groups in total. The number of aliphatic hydroxyl groups is 1. The lowest BCUT2D eigenvalue weighted by Gasteiger charge is -2.06. The van der Waals surface area contributed by atoms with Crippen LogP contribution in [-0.2, 0) is 13.2 Å². The Hall–Kier alpha value is -1.65. The molecule has 0 aliphatic heterocycles. The van der Waals surface area contributed by atoms with Crippen molar-refractivity contribution in [3.63, 3.8) is 0 Å². The fraction of sp³-hybridized carbons (Fsp3) is 0.133. The van der Waals surface area contributed by atoms with Crippen molar-refractivity contribution in [2.24, 2.45) is 0 Å². The summed E-state index contributed by atoms with van der Waals surface area (Å²) in [5, 5.41) is 11.8. The summed E-state index contributed by atoms with van der Waals surface area (Å²) < 4.78 is 0.882. The van der Waals surface area contributed by atoms with Gasteiger partial charge in [-0.15, -0.1) is 0 Å². The van der Waals surface area contributed by atoms with Crippen LogP contribution in [0.25, 0.3) is 0 Å². The predicted octanol–water partition coefficient (Wildman–Crippen LogP) is 2.87. The monoisotopic (exact) mass is 319 g/mol. The average molecular weight is 320 g/mol. The molecule has 0 fully saturated rings. The highest BCUT2D eigenvalue weighted by molar-refractivity contribution is 9.10. The fourth-order valence-corrected chi connectivity index (χ4v) is 2.08. The van der Waals surface area contributed by atoms with E-state index in [0.717, 1.165) is 15.6 Å².